The first kappa shape index (κ1) is 16.7. The molecular weight excluding hydrogens is 316 g/mol. The average Bonchev–Trinajstić information content (AvgIpc) is 3.06. The summed E-state index contributed by atoms with van der Waals surface area (Å²) in [4.78, 5) is 28.6. The number of amides is 1. The molecule has 0 radical (unpaired) electrons. The summed E-state index contributed by atoms with van der Waals surface area (Å²) in [6.07, 6.45) is 4.16. The van der Waals surface area contributed by atoms with Gasteiger partial charge >= 0.3 is 0 Å². The number of aromatic nitrogens is 2. The van der Waals surface area contributed by atoms with Gasteiger partial charge in [0.05, 0.1) is 11.3 Å². The second-order valence-corrected chi connectivity index (χ2v) is 7.63. The average molecular weight is 344 g/mol. The Morgan fingerprint density at radius 3 is 2.76 bits per heavy atom. The Labute approximate surface area is 149 Å². The van der Waals surface area contributed by atoms with E-state index in [9.17, 15) is 4.79 Å². The van der Waals surface area contributed by atoms with Crippen LogP contribution in [0.3, 0.4) is 0 Å². The normalized spacial score (nSPS) is 27.4. The summed E-state index contributed by atoms with van der Waals surface area (Å²) < 4.78 is 0. The summed E-state index contributed by atoms with van der Waals surface area (Å²) in [5, 5.41) is 3.55. The Bertz CT molecular complexity index is 628. The number of aryl methyl sites for hydroxylation is 1. The van der Waals surface area contributed by atoms with Crippen molar-refractivity contribution in [3.8, 4) is 0 Å². The van der Waals surface area contributed by atoms with Gasteiger partial charge in [0, 0.05) is 51.5 Å². The van der Waals surface area contributed by atoms with Crippen molar-refractivity contribution in [1.82, 2.24) is 25.1 Å². The predicted octanol–water partition coefficient (Wildman–Crippen LogP) is 0.361. The van der Waals surface area contributed by atoms with E-state index in [1.165, 1.54) is 12.8 Å². The maximum atomic E-state index is 12.9. The number of piperidine rings is 1. The number of likely N-dealkylation sites (tertiary alicyclic amines) is 1. The molecule has 3 aliphatic rings. The Hall–Kier alpha value is -1.73. The molecule has 3 aliphatic heterocycles. The first-order valence-electron chi connectivity index (χ1n) is 9.41. The molecule has 0 aromatic carbocycles. The summed E-state index contributed by atoms with van der Waals surface area (Å²) in [5.41, 5.74) is 1.44. The summed E-state index contributed by atoms with van der Waals surface area (Å²) in [6.45, 7) is 8.58. The smallest absolute Gasteiger partial charge is 0.257 e. The van der Waals surface area contributed by atoms with E-state index in [1.54, 1.807) is 6.20 Å². The molecule has 0 spiro atoms. The van der Waals surface area contributed by atoms with Gasteiger partial charge < -0.3 is 20.0 Å². The number of hydrogen-bond acceptors (Lipinski definition) is 6. The van der Waals surface area contributed by atoms with Crippen molar-refractivity contribution < 1.29 is 4.79 Å². The van der Waals surface area contributed by atoms with Crippen molar-refractivity contribution in [3.63, 3.8) is 0 Å². The second-order valence-electron chi connectivity index (χ2n) is 7.63. The Morgan fingerprint density at radius 2 is 2.04 bits per heavy atom. The van der Waals surface area contributed by atoms with Crippen molar-refractivity contribution in [1.29, 1.82) is 0 Å². The van der Waals surface area contributed by atoms with E-state index >= 15 is 0 Å². The van der Waals surface area contributed by atoms with Crippen molar-refractivity contribution in [2.75, 3.05) is 57.8 Å². The molecular formula is C18H28N6O. The van der Waals surface area contributed by atoms with Crippen LogP contribution in [0, 0.1) is 12.8 Å². The van der Waals surface area contributed by atoms with Gasteiger partial charge in [0.15, 0.2) is 0 Å². The molecule has 7 heteroatoms. The van der Waals surface area contributed by atoms with Gasteiger partial charge in [-0.25, -0.2) is 9.97 Å². The zero-order valence-electron chi connectivity index (χ0n) is 15.2. The number of carbonyl (C=O) groups is 1. The highest BCUT2D eigenvalue weighted by Gasteiger charge is 2.37. The van der Waals surface area contributed by atoms with Crippen LogP contribution in [-0.2, 0) is 0 Å². The number of fused-ring (bicyclic) bond motifs is 1. The lowest BCUT2D eigenvalue weighted by molar-refractivity contribution is 0.0784. The molecule has 4 heterocycles. The van der Waals surface area contributed by atoms with Crippen LogP contribution in [0.1, 0.15) is 28.9 Å². The predicted molar refractivity (Wildman–Crippen MR) is 96.9 cm³/mol. The Balaban J connectivity index is 1.46. The molecule has 136 valence electrons. The van der Waals surface area contributed by atoms with Crippen LogP contribution in [0.2, 0.25) is 0 Å². The van der Waals surface area contributed by atoms with E-state index in [0.29, 0.717) is 17.5 Å². The Morgan fingerprint density at radius 1 is 1.24 bits per heavy atom. The third-order valence-electron chi connectivity index (χ3n) is 5.87. The molecule has 1 aromatic heterocycles. The van der Waals surface area contributed by atoms with Crippen molar-refractivity contribution in [2.45, 2.75) is 25.8 Å². The number of carbonyl (C=O) groups excluding carboxylic acids is 1. The lowest BCUT2D eigenvalue weighted by Gasteiger charge is -2.32. The summed E-state index contributed by atoms with van der Waals surface area (Å²) in [5.74, 6) is 1.43. The van der Waals surface area contributed by atoms with Gasteiger partial charge in [-0.15, -0.1) is 0 Å². The van der Waals surface area contributed by atoms with Crippen molar-refractivity contribution in [3.05, 3.63) is 17.5 Å². The molecule has 25 heavy (non-hydrogen) atoms. The van der Waals surface area contributed by atoms with E-state index in [2.05, 4.69) is 32.1 Å². The number of anilines is 1. The third kappa shape index (κ3) is 3.35. The van der Waals surface area contributed by atoms with Crippen LogP contribution in [-0.4, -0.2) is 84.6 Å². The number of nitrogens with one attached hydrogen (secondary N) is 1. The number of hydrogen-bond donors (Lipinski definition) is 1. The number of nitrogens with zero attached hydrogens (tertiary/aromatic N) is 5. The van der Waals surface area contributed by atoms with Gasteiger partial charge in [0.1, 0.15) is 0 Å². The third-order valence-corrected chi connectivity index (χ3v) is 5.87. The fraction of sp³-hybridized carbons (Fsp3) is 0.722. The standard InChI is InChI=1S/C18H28N6O/c1-13-15(10-20-18(21-13)23-8-6-22(2)7-9-23)17(25)24-11-14-4-3-5-19-16(14)12-24/h10,14,16,19H,3-9,11-12H2,1-2H3/t14-,16+/m1/s1. The highest BCUT2D eigenvalue weighted by molar-refractivity contribution is 5.95. The van der Waals surface area contributed by atoms with Crippen LogP contribution in [0.5, 0.6) is 0 Å². The lowest BCUT2D eigenvalue weighted by atomic mass is 9.94. The molecule has 3 saturated heterocycles. The van der Waals surface area contributed by atoms with Crippen LogP contribution >= 0.6 is 0 Å². The van der Waals surface area contributed by atoms with Crippen molar-refractivity contribution >= 4 is 11.9 Å². The molecule has 1 aromatic rings. The Kier molecular flexibility index (Phi) is 4.60. The molecule has 1 N–H and O–H groups in total. The van der Waals surface area contributed by atoms with E-state index < -0.39 is 0 Å². The number of likely N-dealkylation sites (N-methyl/N-ethyl adjacent to an activating group) is 1. The minimum Gasteiger partial charge on any atom is -0.338 e. The van der Waals surface area contributed by atoms with E-state index in [0.717, 1.165) is 57.5 Å². The van der Waals surface area contributed by atoms with Gasteiger partial charge in [-0.1, -0.05) is 0 Å². The zero-order chi connectivity index (χ0) is 17.4. The lowest BCUT2D eigenvalue weighted by Crippen LogP contribution is -2.45. The second kappa shape index (κ2) is 6.88. The van der Waals surface area contributed by atoms with Gasteiger partial charge in [0.2, 0.25) is 5.95 Å². The van der Waals surface area contributed by atoms with Gasteiger partial charge in [0.25, 0.3) is 5.91 Å². The summed E-state index contributed by atoms with van der Waals surface area (Å²) in [7, 11) is 2.13. The fourth-order valence-electron chi connectivity index (χ4n) is 4.21. The van der Waals surface area contributed by atoms with Crippen LogP contribution in [0.4, 0.5) is 5.95 Å². The number of piperazine rings is 1. The van der Waals surface area contributed by atoms with E-state index in [1.807, 2.05) is 11.8 Å². The molecule has 0 unspecified atom stereocenters. The van der Waals surface area contributed by atoms with E-state index in [-0.39, 0.29) is 5.91 Å². The fourth-order valence-corrected chi connectivity index (χ4v) is 4.21. The van der Waals surface area contributed by atoms with E-state index in [4.69, 9.17) is 0 Å². The van der Waals surface area contributed by atoms with Crippen molar-refractivity contribution in [2.24, 2.45) is 5.92 Å². The van der Waals surface area contributed by atoms with Crippen LogP contribution < -0.4 is 10.2 Å². The molecule has 7 nitrogen and oxygen atoms in total. The van der Waals surface area contributed by atoms with Gasteiger partial charge in [-0.3, -0.25) is 4.79 Å². The molecule has 0 aliphatic carbocycles. The quantitative estimate of drug-likeness (QED) is 0.836. The van der Waals surface area contributed by atoms with Crippen LogP contribution in [0.25, 0.3) is 0 Å². The van der Waals surface area contributed by atoms with Gasteiger partial charge in [-0.2, -0.15) is 0 Å². The first-order valence-corrected chi connectivity index (χ1v) is 9.41. The topological polar surface area (TPSA) is 64.6 Å². The highest BCUT2D eigenvalue weighted by Crippen LogP contribution is 2.26. The molecule has 0 bridgehead atoms. The molecule has 3 fully saturated rings. The number of rotatable bonds is 2. The van der Waals surface area contributed by atoms with Gasteiger partial charge in [-0.05, 0) is 39.3 Å². The maximum absolute atomic E-state index is 12.9. The minimum atomic E-state index is 0.0821. The zero-order valence-corrected chi connectivity index (χ0v) is 15.2. The highest BCUT2D eigenvalue weighted by atomic mass is 16.2. The molecule has 0 saturated carbocycles. The largest absolute Gasteiger partial charge is 0.338 e. The molecule has 2 atom stereocenters. The SMILES string of the molecule is Cc1nc(N2CCN(C)CC2)ncc1C(=O)N1C[C@H]2CCCN[C@H]2C1. The molecule has 4 rings (SSSR count). The minimum absolute atomic E-state index is 0.0821. The molecule has 1 amide bonds. The maximum Gasteiger partial charge on any atom is 0.257 e. The summed E-state index contributed by atoms with van der Waals surface area (Å²) >= 11 is 0. The monoisotopic (exact) mass is 344 g/mol. The first-order chi connectivity index (χ1) is 12.1. The summed E-state index contributed by atoms with van der Waals surface area (Å²) in [6, 6.07) is 0.462. The van der Waals surface area contributed by atoms with Crippen LogP contribution in [0.15, 0.2) is 6.20 Å².